The molecule has 0 saturated heterocycles. The third-order valence-electron chi connectivity index (χ3n) is 0.861. The van der Waals surface area contributed by atoms with Crippen LogP contribution < -0.4 is 0 Å². The standard InChI is InChI=1S/C7H11O2.Pd/c1-3-4-7(9)5-6(2)8;/h5H,3-4H2,1-2H3;/q-1;. The van der Waals surface area contributed by atoms with Gasteiger partial charge in [0.1, 0.15) is 0 Å². The van der Waals surface area contributed by atoms with Gasteiger partial charge in [0.05, 0.1) is 0 Å². The summed E-state index contributed by atoms with van der Waals surface area (Å²) in [6, 6.07) is 0. The second-order valence-corrected chi connectivity index (χ2v) is 1.97. The van der Waals surface area contributed by atoms with Gasteiger partial charge in [-0.1, -0.05) is 13.3 Å². The second-order valence-electron chi connectivity index (χ2n) is 1.97. The summed E-state index contributed by atoms with van der Waals surface area (Å²) < 4.78 is 0. The molecule has 0 aromatic heterocycles. The molecule has 0 aromatic carbocycles. The first-order chi connectivity index (χ1) is 4.16. The zero-order chi connectivity index (χ0) is 7.28. The molecule has 62 valence electrons. The first-order valence-electron chi connectivity index (χ1n) is 3.05. The summed E-state index contributed by atoms with van der Waals surface area (Å²) in [5.41, 5.74) is 0. The van der Waals surface area contributed by atoms with Gasteiger partial charge in [0.2, 0.25) is 0 Å². The zero-order valence-electron chi connectivity index (χ0n) is 6.12. The molecular weight excluding hydrogens is 222 g/mol. The Morgan fingerprint density at radius 1 is 1.40 bits per heavy atom. The number of Topliss-reactive ketones (excluding diaryl/α,β-unsaturated/α-hetero) is 2. The normalized spacial score (nSPS) is 7.80. The predicted octanol–water partition coefficient (Wildman–Crippen LogP) is 1.15. The Labute approximate surface area is 75.0 Å². The van der Waals surface area contributed by atoms with Crippen LogP contribution in [0.25, 0.3) is 0 Å². The molecule has 0 atom stereocenters. The zero-order valence-corrected chi connectivity index (χ0v) is 7.68. The van der Waals surface area contributed by atoms with Gasteiger partial charge < -0.3 is 9.59 Å². The fraction of sp³-hybridized carbons (Fsp3) is 0.571. The topological polar surface area (TPSA) is 34.1 Å². The van der Waals surface area contributed by atoms with Crippen LogP contribution in [-0.4, -0.2) is 11.6 Å². The van der Waals surface area contributed by atoms with Gasteiger partial charge in [-0.2, -0.15) is 0 Å². The number of ketones is 2. The average molecular weight is 234 g/mol. The summed E-state index contributed by atoms with van der Waals surface area (Å²) in [4.78, 5) is 20.8. The molecule has 0 rings (SSSR count). The van der Waals surface area contributed by atoms with Crippen molar-refractivity contribution in [1.82, 2.24) is 0 Å². The van der Waals surface area contributed by atoms with E-state index in [1.807, 2.05) is 6.92 Å². The number of hydrogen-bond acceptors (Lipinski definition) is 2. The van der Waals surface area contributed by atoms with E-state index in [4.69, 9.17) is 0 Å². The molecule has 0 aliphatic carbocycles. The van der Waals surface area contributed by atoms with Crippen LogP contribution in [0.5, 0.6) is 0 Å². The van der Waals surface area contributed by atoms with Crippen LogP contribution in [0.15, 0.2) is 0 Å². The monoisotopic (exact) mass is 233 g/mol. The molecule has 10 heavy (non-hydrogen) atoms. The Hall–Kier alpha value is -0.128. The molecular formula is C7H11O2Pd-. The fourth-order valence-corrected chi connectivity index (χ4v) is 0.545. The van der Waals surface area contributed by atoms with E-state index in [2.05, 4.69) is 0 Å². The third kappa shape index (κ3) is 7.87. The van der Waals surface area contributed by atoms with Gasteiger partial charge >= 0.3 is 0 Å². The number of carbonyl (C=O) groups excluding carboxylic acids is 2. The first-order valence-corrected chi connectivity index (χ1v) is 3.05. The third-order valence-corrected chi connectivity index (χ3v) is 0.861. The van der Waals surface area contributed by atoms with Crippen LogP contribution in [0.3, 0.4) is 0 Å². The molecule has 0 amide bonds. The van der Waals surface area contributed by atoms with Gasteiger partial charge in [-0.3, -0.25) is 6.42 Å². The van der Waals surface area contributed by atoms with E-state index >= 15 is 0 Å². The van der Waals surface area contributed by atoms with E-state index in [0.717, 1.165) is 12.8 Å². The maximum atomic E-state index is 10.6. The van der Waals surface area contributed by atoms with Crippen LogP contribution in [0, 0.1) is 6.42 Å². The minimum atomic E-state index is -0.159. The molecule has 0 spiro atoms. The Balaban J connectivity index is 0. The fourth-order valence-electron chi connectivity index (χ4n) is 0.545. The first kappa shape index (κ1) is 12.5. The van der Waals surface area contributed by atoms with E-state index < -0.39 is 0 Å². The summed E-state index contributed by atoms with van der Waals surface area (Å²) in [6.07, 6.45) is 2.44. The van der Waals surface area contributed by atoms with Crippen LogP contribution in [-0.2, 0) is 30.0 Å². The van der Waals surface area contributed by atoms with E-state index in [1.54, 1.807) is 0 Å². The second kappa shape index (κ2) is 6.99. The maximum absolute atomic E-state index is 10.6. The summed E-state index contributed by atoms with van der Waals surface area (Å²) in [7, 11) is 0. The van der Waals surface area contributed by atoms with Crippen molar-refractivity contribution in [2.24, 2.45) is 0 Å². The molecule has 0 bridgehead atoms. The Morgan fingerprint density at radius 3 is 2.20 bits per heavy atom. The van der Waals surface area contributed by atoms with Crippen molar-refractivity contribution in [1.29, 1.82) is 0 Å². The Morgan fingerprint density at radius 2 is 1.90 bits per heavy atom. The van der Waals surface area contributed by atoms with Gasteiger partial charge in [0.15, 0.2) is 0 Å². The van der Waals surface area contributed by atoms with Crippen LogP contribution >= 0.6 is 0 Å². The molecule has 0 aromatic rings. The molecule has 0 radical (unpaired) electrons. The summed E-state index contributed by atoms with van der Waals surface area (Å²) in [5, 5.41) is 0. The predicted molar refractivity (Wildman–Crippen MR) is 34.9 cm³/mol. The molecule has 0 saturated carbocycles. The molecule has 0 heterocycles. The molecule has 0 aliphatic rings. The minimum absolute atomic E-state index is 0. The average Bonchev–Trinajstić information content (AvgIpc) is 1.63. The Kier molecular flexibility index (Phi) is 8.76. The molecule has 0 aliphatic heterocycles. The van der Waals surface area contributed by atoms with Crippen molar-refractivity contribution >= 4 is 11.6 Å². The summed E-state index contributed by atoms with van der Waals surface area (Å²) in [5.74, 6) is -0.224. The van der Waals surface area contributed by atoms with Gasteiger partial charge in [-0.05, 0) is 13.3 Å². The van der Waals surface area contributed by atoms with Gasteiger partial charge in [0.25, 0.3) is 0 Å². The summed E-state index contributed by atoms with van der Waals surface area (Å²) >= 11 is 0. The number of rotatable bonds is 4. The minimum Gasteiger partial charge on any atom is -0.334 e. The molecule has 2 nitrogen and oxygen atoms in total. The number of hydrogen-bond donors (Lipinski definition) is 0. The van der Waals surface area contributed by atoms with E-state index in [9.17, 15) is 9.59 Å². The molecule has 0 N–H and O–H groups in total. The van der Waals surface area contributed by atoms with Crippen LogP contribution in [0.2, 0.25) is 0 Å². The van der Waals surface area contributed by atoms with Gasteiger partial charge in [-0.15, -0.1) is 0 Å². The van der Waals surface area contributed by atoms with Crippen molar-refractivity contribution in [3.8, 4) is 0 Å². The van der Waals surface area contributed by atoms with E-state index in [1.165, 1.54) is 6.92 Å². The van der Waals surface area contributed by atoms with Crippen molar-refractivity contribution < 1.29 is 30.0 Å². The molecule has 0 fully saturated rings. The van der Waals surface area contributed by atoms with Crippen molar-refractivity contribution in [2.45, 2.75) is 26.7 Å². The van der Waals surface area contributed by atoms with Crippen molar-refractivity contribution in [2.75, 3.05) is 0 Å². The quantitative estimate of drug-likeness (QED) is 0.415. The molecule has 3 heteroatoms. The largest absolute Gasteiger partial charge is 0.334 e. The molecule has 0 unspecified atom stereocenters. The SMILES string of the molecule is CCCC(=O)[CH-]C(C)=O.[Pd]. The van der Waals surface area contributed by atoms with Gasteiger partial charge in [-0.25, -0.2) is 0 Å². The van der Waals surface area contributed by atoms with Gasteiger partial charge in [0, 0.05) is 32.0 Å². The van der Waals surface area contributed by atoms with E-state index in [-0.39, 0.29) is 32.0 Å². The van der Waals surface area contributed by atoms with Crippen molar-refractivity contribution in [3.63, 3.8) is 0 Å². The Bertz CT molecular complexity index is 121. The van der Waals surface area contributed by atoms with Crippen LogP contribution in [0.1, 0.15) is 26.7 Å². The van der Waals surface area contributed by atoms with Crippen LogP contribution in [0.4, 0.5) is 0 Å². The van der Waals surface area contributed by atoms with E-state index in [0.29, 0.717) is 6.42 Å². The van der Waals surface area contributed by atoms with Crippen molar-refractivity contribution in [3.05, 3.63) is 6.42 Å². The number of carbonyl (C=O) groups is 2. The maximum Gasteiger partial charge on any atom is 0.00528 e. The smallest absolute Gasteiger partial charge is 0.00528 e. The summed E-state index contributed by atoms with van der Waals surface area (Å²) in [6.45, 7) is 3.29.